The maximum Gasteiger partial charge on any atom is 0.168 e. The maximum atomic E-state index is 13.5. The third kappa shape index (κ3) is 3.68. The van der Waals surface area contributed by atoms with Gasteiger partial charge in [-0.2, -0.15) is 0 Å². The van der Waals surface area contributed by atoms with Gasteiger partial charge in [-0.05, 0) is 36.4 Å². The highest BCUT2D eigenvalue weighted by molar-refractivity contribution is 6.32. The summed E-state index contributed by atoms with van der Waals surface area (Å²) in [7, 11) is 0. The monoisotopic (exact) mass is 297 g/mol. The van der Waals surface area contributed by atoms with Crippen LogP contribution >= 0.6 is 11.6 Å². The average molecular weight is 298 g/mol. The fraction of sp³-hybridized carbons (Fsp3) is 0.200. The van der Waals surface area contributed by atoms with Crippen molar-refractivity contribution in [2.75, 3.05) is 6.54 Å². The summed E-state index contributed by atoms with van der Waals surface area (Å²) in [5.41, 5.74) is 1.00. The lowest BCUT2D eigenvalue weighted by atomic mass is 10.2. The highest BCUT2D eigenvalue weighted by atomic mass is 35.5. The fourth-order valence-corrected chi connectivity index (χ4v) is 1.92. The van der Waals surface area contributed by atoms with Crippen molar-refractivity contribution >= 4 is 11.6 Å². The standard InChI is InChI=1S/C15H14ClF2NO/c1-2-19-9-10-3-5-14(12(16)7-10)20-15-6-4-11(17)8-13(15)18/h3-8,19H,2,9H2,1H3. The Morgan fingerprint density at radius 1 is 1.10 bits per heavy atom. The second-order valence-electron chi connectivity index (χ2n) is 4.22. The number of halogens is 3. The Balaban J connectivity index is 2.17. The molecule has 2 rings (SSSR count). The van der Waals surface area contributed by atoms with Gasteiger partial charge in [0, 0.05) is 12.6 Å². The summed E-state index contributed by atoms with van der Waals surface area (Å²) in [6.45, 7) is 3.56. The molecule has 0 aliphatic rings. The minimum absolute atomic E-state index is 0.0623. The van der Waals surface area contributed by atoms with Crippen LogP contribution in [0, 0.1) is 11.6 Å². The topological polar surface area (TPSA) is 21.3 Å². The molecular formula is C15H14ClF2NO. The van der Waals surface area contributed by atoms with Crippen molar-refractivity contribution < 1.29 is 13.5 Å². The van der Waals surface area contributed by atoms with Crippen molar-refractivity contribution in [1.82, 2.24) is 5.32 Å². The Labute approximate surface area is 121 Å². The van der Waals surface area contributed by atoms with Crippen LogP contribution in [0.2, 0.25) is 5.02 Å². The van der Waals surface area contributed by atoms with Gasteiger partial charge in [-0.1, -0.05) is 24.6 Å². The molecule has 0 aromatic heterocycles. The van der Waals surface area contributed by atoms with Crippen molar-refractivity contribution in [1.29, 1.82) is 0 Å². The lowest BCUT2D eigenvalue weighted by Crippen LogP contribution is -2.11. The molecule has 2 aromatic rings. The van der Waals surface area contributed by atoms with E-state index in [2.05, 4.69) is 5.32 Å². The first-order valence-electron chi connectivity index (χ1n) is 6.22. The van der Waals surface area contributed by atoms with Crippen molar-refractivity contribution in [2.24, 2.45) is 0 Å². The van der Waals surface area contributed by atoms with Crippen molar-refractivity contribution in [3.8, 4) is 11.5 Å². The normalized spacial score (nSPS) is 10.6. The Morgan fingerprint density at radius 2 is 1.85 bits per heavy atom. The molecule has 0 saturated carbocycles. The minimum Gasteiger partial charge on any atom is -0.453 e. The summed E-state index contributed by atoms with van der Waals surface area (Å²) in [6.07, 6.45) is 0. The molecule has 1 N–H and O–H groups in total. The van der Waals surface area contributed by atoms with E-state index in [1.54, 1.807) is 12.1 Å². The molecule has 2 nitrogen and oxygen atoms in total. The third-order valence-corrected chi connectivity index (χ3v) is 2.98. The van der Waals surface area contributed by atoms with E-state index in [4.69, 9.17) is 16.3 Å². The van der Waals surface area contributed by atoms with E-state index in [-0.39, 0.29) is 5.75 Å². The molecule has 0 unspecified atom stereocenters. The number of ether oxygens (including phenoxy) is 1. The van der Waals surface area contributed by atoms with Crippen molar-refractivity contribution in [3.63, 3.8) is 0 Å². The zero-order chi connectivity index (χ0) is 14.5. The SMILES string of the molecule is CCNCc1ccc(Oc2ccc(F)cc2F)c(Cl)c1. The van der Waals surface area contributed by atoms with Gasteiger partial charge in [-0.25, -0.2) is 8.78 Å². The van der Waals surface area contributed by atoms with Crippen LogP contribution in [0.15, 0.2) is 36.4 Å². The number of hydrogen-bond acceptors (Lipinski definition) is 2. The summed E-state index contributed by atoms with van der Waals surface area (Å²) in [4.78, 5) is 0. The molecule has 0 amide bonds. The molecule has 0 heterocycles. The third-order valence-electron chi connectivity index (χ3n) is 2.69. The van der Waals surface area contributed by atoms with Crippen LogP contribution < -0.4 is 10.1 Å². The van der Waals surface area contributed by atoms with Crippen LogP contribution in [0.3, 0.4) is 0 Å². The van der Waals surface area contributed by atoms with Gasteiger partial charge in [0.25, 0.3) is 0 Å². The van der Waals surface area contributed by atoms with Crippen LogP contribution in [0.4, 0.5) is 8.78 Å². The van der Waals surface area contributed by atoms with Crippen LogP contribution in [-0.4, -0.2) is 6.54 Å². The van der Waals surface area contributed by atoms with E-state index >= 15 is 0 Å². The van der Waals surface area contributed by atoms with E-state index < -0.39 is 11.6 Å². The smallest absolute Gasteiger partial charge is 0.168 e. The quantitative estimate of drug-likeness (QED) is 0.876. The molecule has 106 valence electrons. The minimum atomic E-state index is -0.766. The van der Waals surface area contributed by atoms with E-state index in [1.807, 2.05) is 13.0 Å². The van der Waals surface area contributed by atoms with Gasteiger partial charge in [0.05, 0.1) is 5.02 Å². The molecule has 5 heteroatoms. The summed E-state index contributed by atoms with van der Waals surface area (Å²) in [5, 5.41) is 3.55. The molecule has 0 saturated heterocycles. The number of hydrogen-bond donors (Lipinski definition) is 1. The molecule has 0 atom stereocenters. The maximum absolute atomic E-state index is 13.5. The molecule has 0 spiro atoms. The van der Waals surface area contributed by atoms with Gasteiger partial charge in [0.15, 0.2) is 11.6 Å². The molecule has 2 aromatic carbocycles. The van der Waals surface area contributed by atoms with E-state index in [9.17, 15) is 8.78 Å². The number of nitrogens with one attached hydrogen (secondary N) is 1. The molecule has 0 aliphatic carbocycles. The summed E-state index contributed by atoms with van der Waals surface area (Å²) in [5.74, 6) is -1.15. The van der Waals surface area contributed by atoms with Crippen molar-refractivity contribution in [2.45, 2.75) is 13.5 Å². The first-order chi connectivity index (χ1) is 9.60. The Morgan fingerprint density at radius 3 is 2.50 bits per heavy atom. The average Bonchev–Trinajstić information content (AvgIpc) is 2.42. The highest BCUT2D eigenvalue weighted by Crippen LogP contribution is 2.31. The zero-order valence-corrected chi connectivity index (χ0v) is 11.7. The van der Waals surface area contributed by atoms with Gasteiger partial charge >= 0.3 is 0 Å². The van der Waals surface area contributed by atoms with Crippen LogP contribution in [0.5, 0.6) is 11.5 Å². The van der Waals surface area contributed by atoms with Crippen LogP contribution in [0.25, 0.3) is 0 Å². The lowest BCUT2D eigenvalue weighted by molar-refractivity contribution is 0.437. The van der Waals surface area contributed by atoms with Gasteiger partial charge in [-0.3, -0.25) is 0 Å². The summed E-state index contributed by atoms with van der Waals surface area (Å²) in [6, 6.07) is 8.38. The molecule has 0 bridgehead atoms. The molecular weight excluding hydrogens is 284 g/mol. The Hall–Kier alpha value is -1.65. The fourth-order valence-electron chi connectivity index (χ4n) is 1.68. The number of rotatable bonds is 5. The van der Waals surface area contributed by atoms with Crippen LogP contribution in [-0.2, 0) is 6.54 Å². The zero-order valence-electron chi connectivity index (χ0n) is 10.9. The Bertz CT molecular complexity index is 604. The van der Waals surface area contributed by atoms with E-state index in [1.165, 1.54) is 6.07 Å². The summed E-state index contributed by atoms with van der Waals surface area (Å²) < 4.78 is 31.7. The van der Waals surface area contributed by atoms with E-state index in [0.29, 0.717) is 17.3 Å². The molecule has 0 radical (unpaired) electrons. The molecule has 20 heavy (non-hydrogen) atoms. The van der Waals surface area contributed by atoms with Gasteiger partial charge in [0.1, 0.15) is 11.6 Å². The number of benzene rings is 2. The summed E-state index contributed by atoms with van der Waals surface area (Å²) >= 11 is 6.09. The highest BCUT2D eigenvalue weighted by Gasteiger charge is 2.09. The second kappa shape index (κ2) is 6.68. The van der Waals surface area contributed by atoms with Crippen LogP contribution in [0.1, 0.15) is 12.5 Å². The van der Waals surface area contributed by atoms with Gasteiger partial charge < -0.3 is 10.1 Å². The first-order valence-corrected chi connectivity index (χ1v) is 6.60. The van der Waals surface area contributed by atoms with E-state index in [0.717, 1.165) is 24.2 Å². The second-order valence-corrected chi connectivity index (χ2v) is 4.63. The lowest BCUT2D eigenvalue weighted by Gasteiger charge is -2.10. The predicted molar refractivity (Wildman–Crippen MR) is 75.3 cm³/mol. The molecule has 0 aliphatic heterocycles. The van der Waals surface area contributed by atoms with Gasteiger partial charge in [-0.15, -0.1) is 0 Å². The predicted octanol–water partition coefficient (Wildman–Crippen LogP) is 4.52. The van der Waals surface area contributed by atoms with Crippen molar-refractivity contribution in [3.05, 3.63) is 58.6 Å². The first kappa shape index (κ1) is 14.8. The Kier molecular flexibility index (Phi) is 4.93. The van der Waals surface area contributed by atoms with Gasteiger partial charge in [0.2, 0.25) is 0 Å². The largest absolute Gasteiger partial charge is 0.453 e. The molecule has 0 fully saturated rings.